The molecule has 0 radical (unpaired) electrons. The van der Waals surface area contributed by atoms with Crippen molar-refractivity contribution in [2.75, 3.05) is 11.6 Å². The quantitative estimate of drug-likeness (QED) is 0.784. The number of fused-ring (bicyclic) bond motifs is 2. The van der Waals surface area contributed by atoms with Gasteiger partial charge in [0.05, 0.1) is 5.02 Å². The van der Waals surface area contributed by atoms with Gasteiger partial charge < -0.3 is 10.6 Å². The van der Waals surface area contributed by atoms with Crippen LogP contribution in [0.15, 0.2) is 23.1 Å². The van der Waals surface area contributed by atoms with E-state index in [1.807, 2.05) is 24.5 Å². The number of rotatable bonds is 4. The van der Waals surface area contributed by atoms with Crippen molar-refractivity contribution in [3.05, 3.63) is 23.2 Å². The third-order valence-corrected chi connectivity index (χ3v) is 5.70. The Bertz CT molecular complexity index is 529. The van der Waals surface area contributed by atoms with Crippen molar-refractivity contribution in [1.29, 1.82) is 0 Å². The van der Waals surface area contributed by atoms with Crippen molar-refractivity contribution in [1.82, 2.24) is 5.32 Å². The first-order valence-electron chi connectivity index (χ1n) is 7.53. The summed E-state index contributed by atoms with van der Waals surface area (Å²) in [4.78, 5) is 13.2. The van der Waals surface area contributed by atoms with Gasteiger partial charge in [-0.1, -0.05) is 11.6 Å². The summed E-state index contributed by atoms with van der Waals surface area (Å²) in [5.41, 5.74) is 0.791. The third kappa shape index (κ3) is 4.31. The van der Waals surface area contributed by atoms with Crippen molar-refractivity contribution < 1.29 is 4.79 Å². The van der Waals surface area contributed by atoms with Gasteiger partial charge in [-0.2, -0.15) is 0 Å². The molecule has 2 heterocycles. The van der Waals surface area contributed by atoms with E-state index in [0.29, 0.717) is 29.4 Å². The molecule has 2 bridgehead atoms. The lowest BCUT2D eigenvalue weighted by Gasteiger charge is -2.28. The van der Waals surface area contributed by atoms with Crippen LogP contribution in [0.5, 0.6) is 0 Å². The molecule has 3 nitrogen and oxygen atoms in total. The van der Waals surface area contributed by atoms with Crippen molar-refractivity contribution in [2.45, 2.75) is 49.1 Å². The molecule has 0 spiro atoms. The van der Waals surface area contributed by atoms with Crippen LogP contribution in [-0.4, -0.2) is 24.2 Å². The van der Waals surface area contributed by atoms with Crippen LogP contribution in [0.4, 0.5) is 5.69 Å². The van der Waals surface area contributed by atoms with Crippen LogP contribution in [0.3, 0.4) is 0 Å². The molecule has 2 saturated heterocycles. The Morgan fingerprint density at radius 3 is 2.64 bits per heavy atom. The summed E-state index contributed by atoms with van der Waals surface area (Å²) in [6.07, 6.45) is 7.43. The van der Waals surface area contributed by atoms with Crippen LogP contribution in [-0.2, 0) is 4.79 Å². The number of amides is 1. The van der Waals surface area contributed by atoms with Crippen molar-refractivity contribution in [3.63, 3.8) is 0 Å². The van der Waals surface area contributed by atoms with E-state index in [4.69, 9.17) is 11.6 Å². The van der Waals surface area contributed by atoms with E-state index >= 15 is 0 Å². The van der Waals surface area contributed by atoms with E-state index in [9.17, 15) is 4.79 Å². The molecule has 3 rings (SSSR count). The summed E-state index contributed by atoms with van der Waals surface area (Å²) in [5, 5.41) is 7.28. The molecule has 122 valence electrons. The Morgan fingerprint density at radius 2 is 2.05 bits per heavy atom. The average molecular weight is 361 g/mol. The number of hydrogen-bond donors (Lipinski definition) is 2. The molecule has 0 saturated carbocycles. The van der Waals surface area contributed by atoms with Crippen molar-refractivity contribution >= 4 is 47.4 Å². The van der Waals surface area contributed by atoms with Crippen LogP contribution in [0.2, 0.25) is 5.02 Å². The van der Waals surface area contributed by atoms with Crippen molar-refractivity contribution in [2.24, 2.45) is 5.92 Å². The van der Waals surface area contributed by atoms with Crippen LogP contribution < -0.4 is 10.6 Å². The van der Waals surface area contributed by atoms with Gasteiger partial charge in [-0.25, -0.2) is 0 Å². The maximum atomic E-state index is 12.2. The molecular weight excluding hydrogens is 339 g/mol. The molecule has 2 atom stereocenters. The largest absolute Gasteiger partial charge is 0.326 e. The molecule has 2 aliphatic heterocycles. The first kappa shape index (κ1) is 17.9. The highest BCUT2D eigenvalue weighted by molar-refractivity contribution is 7.98. The zero-order valence-electron chi connectivity index (χ0n) is 12.6. The van der Waals surface area contributed by atoms with E-state index in [2.05, 4.69) is 10.6 Å². The van der Waals surface area contributed by atoms with Gasteiger partial charge in [-0.3, -0.25) is 4.79 Å². The van der Waals surface area contributed by atoms with Crippen LogP contribution in [0.25, 0.3) is 0 Å². The van der Waals surface area contributed by atoms with Gasteiger partial charge >= 0.3 is 0 Å². The lowest BCUT2D eigenvalue weighted by molar-refractivity contribution is -0.117. The van der Waals surface area contributed by atoms with E-state index in [0.717, 1.165) is 23.4 Å². The number of piperidine rings is 1. The summed E-state index contributed by atoms with van der Waals surface area (Å²) in [7, 11) is 0. The second kappa shape index (κ2) is 7.91. The minimum atomic E-state index is 0. The van der Waals surface area contributed by atoms with E-state index < -0.39 is 0 Å². The Balaban J connectivity index is 0.00000176. The van der Waals surface area contributed by atoms with Gasteiger partial charge in [0.2, 0.25) is 5.91 Å². The molecule has 6 heteroatoms. The normalized spacial score (nSPS) is 26.4. The fourth-order valence-corrected chi connectivity index (χ4v) is 4.43. The SMILES string of the molecule is CSc1ccc(NC(=O)CC2CC3CCC(C2)N3)cc1Cl.Cl. The fraction of sp³-hybridized carbons (Fsp3) is 0.562. The first-order chi connectivity index (χ1) is 10.1. The van der Waals surface area contributed by atoms with Gasteiger partial charge in [-0.05, 0) is 56.1 Å². The fourth-order valence-electron chi connectivity index (χ4n) is 3.56. The topological polar surface area (TPSA) is 41.1 Å². The van der Waals surface area contributed by atoms with Crippen molar-refractivity contribution in [3.8, 4) is 0 Å². The number of thioether (sulfide) groups is 1. The van der Waals surface area contributed by atoms with Crippen LogP contribution in [0.1, 0.15) is 32.1 Å². The lowest BCUT2D eigenvalue weighted by atomic mass is 9.89. The highest BCUT2D eigenvalue weighted by Gasteiger charge is 2.34. The number of anilines is 1. The van der Waals surface area contributed by atoms with E-state index in [1.165, 1.54) is 12.8 Å². The number of nitrogens with one attached hydrogen (secondary N) is 2. The molecule has 2 aliphatic rings. The summed E-state index contributed by atoms with van der Waals surface area (Å²) >= 11 is 7.78. The van der Waals surface area contributed by atoms with Gasteiger partial charge in [0.15, 0.2) is 0 Å². The molecule has 1 aromatic carbocycles. The summed E-state index contributed by atoms with van der Waals surface area (Å²) < 4.78 is 0. The monoisotopic (exact) mass is 360 g/mol. The maximum absolute atomic E-state index is 12.2. The Morgan fingerprint density at radius 1 is 1.36 bits per heavy atom. The van der Waals surface area contributed by atoms with E-state index in [-0.39, 0.29) is 18.3 Å². The molecule has 1 amide bonds. The average Bonchev–Trinajstić information content (AvgIpc) is 2.78. The zero-order chi connectivity index (χ0) is 14.8. The Hall–Kier alpha value is -0.420. The molecule has 2 N–H and O–H groups in total. The number of carbonyl (C=O) groups excluding carboxylic acids is 1. The summed E-state index contributed by atoms with van der Waals surface area (Å²) in [5.74, 6) is 0.624. The standard InChI is InChI=1S/C16H21ClN2OS.ClH/c1-21-15-5-4-13(9-14(15)17)19-16(20)8-10-6-11-2-3-12(7-10)18-11;/h4-5,9-12,18H,2-3,6-8H2,1H3,(H,19,20);1H. The highest BCUT2D eigenvalue weighted by atomic mass is 35.5. The molecule has 2 unspecified atom stereocenters. The number of hydrogen-bond acceptors (Lipinski definition) is 3. The highest BCUT2D eigenvalue weighted by Crippen LogP contribution is 2.33. The van der Waals surface area contributed by atoms with Crippen LogP contribution >= 0.6 is 35.8 Å². The summed E-state index contributed by atoms with van der Waals surface area (Å²) in [6.45, 7) is 0. The third-order valence-electron chi connectivity index (χ3n) is 4.48. The maximum Gasteiger partial charge on any atom is 0.224 e. The molecular formula is C16H22Cl2N2OS. The number of carbonyl (C=O) groups is 1. The Labute approximate surface area is 147 Å². The molecule has 2 fully saturated rings. The minimum Gasteiger partial charge on any atom is -0.326 e. The predicted octanol–water partition coefficient (Wildman–Crippen LogP) is 4.34. The predicted molar refractivity (Wildman–Crippen MR) is 96.4 cm³/mol. The second-order valence-corrected chi connectivity index (χ2v) is 7.33. The second-order valence-electron chi connectivity index (χ2n) is 6.08. The summed E-state index contributed by atoms with van der Waals surface area (Å²) in [6, 6.07) is 6.97. The van der Waals surface area contributed by atoms with Gasteiger partial charge in [0.25, 0.3) is 0 Å². The smallest absolute Gasteiger partial charge is 0.224 e. The number of benzene rings is 1. The molecule has 1 aromatic rings. The number of halogens is 2. The lowest BCUT2D eigenvalue weighted by Crippen LogP contribution is -2.39. The zero-order valence-corrected chi connectivity index (χ0v) is 15.0. The van der Waals surface area contributed by atoms with Gasteiger partial charge in [-0.15, -0.1) is 24.2 Å². The van der Waals surface area contributed by atoms with Crippen LogP contribution in [0, 0.1) is 5.92 Å². The first-order valence-corrected chi connectivity index (χ1v) is 9.13. The van der Waals surface area contributed by atoms with E-state index in [1.54, 1.807) is 11.8 Å². The Kier molecular flexibility index (Phi) is 6.45. The van der Waals surface area contributed by atoms with Gasteiger partial charge in [0, 0.05) is 29.1 Å². The minimum absolute atomic E-state index is 0. The molecule has 0 aliphatic carbocycles. The molecule has 0 aromatic heterocycles. The molecule has 22 heavy (non-hydrogen) atoms. The van der Waals surface area contributed by atoms with Gasteiger partial charge in [0.1, 0.15) is 0 Å².